The van der Waals surface area contributed by atoms with Gasteiger partial charge >= 0.3 is 0 Å². The maximum Gasteiger partial charge on any atom is 0.192 e. The van der Waals surface area contributed by atoms with Gasteiger partial charge in [-0.15, -0.1) is 0 Å². The molecule has 3 aliphatic carbocycles. The van der Waals surface area contributed by atoms with Gasteiger partial charge in [0.05, 0.1) is 14.2 Å². The van der Waals surface area contributed by atoms with E-state index in [-0.39, 0.29) is 10.1 Å². The minimum absolute atomic E-state index is 0.220. The molecule has 0 heterocycles. The Morgan fingerprint density at radius 3 is 2.15 bits per heavy atom. The molecule has 5 atom stereocenters. The number of phenolic OH excluding ortho intramolecular Hbond substituents is 1. The van der Waals surface area contributed by atoms with Gasteiger partial charge in [0.25, 0.3) is 0 Å². The third-order valence-electron chi connectivity index (χ3n) is 11.5. The van der Waals surface area contributed by atoms with Gasteiger partial charge in [-0.1, -0.05) is 67.6 Å². The molecule has 4 rings (SSSR count). The third kappa shape index (κ3) is 4.08. The largest absolute Gasteiger partial charge is 0.508 e. The van der Waals surface area contributed by atoms with Gasteiger partial charge in [0.2, 0.25) is 0 Å². The summed E-state index contributed by atoms with van der Waals surface area (Å²) in [5, 5.41) is 12.8. The van der Waals surface area contributed by atoms with Crippen molar-refractivity contribution < 1.29 is 9.53 Å². The topological polar surface area (TPSA) is 29.5 Å². The molecule has 1 aromatic rings. The van der Waals surface area contributed by atoms with Gasteiger partial charge in [-0.05, 0) is 107 Å². The lowest BCUT2D eigenvalue weighted by Crippen LogP contribution is -2.51. The Kier molecular flexibility index (Phi) is 6.39. The van der Waals surface area contributed by atoms with E-state index in [0.717, 1.165) is 18.3 Å². The first-order chi connectivity index (χ1) is 15.4. The van der Waals surface area contributed by atoms with Crippen LogP contribution in [0.1, 0.15) is 97.6 Å². The van der Waals surface area contributed by atoms with Gasteiger partial charge in [-0.3, -0.25) is 0 Å². The fourth-order valence-electron chi connectivity index (χ4n) is 7.19. The molecular weight excluding hydrogens is 449 g/mol. The Morgan fingerprint density at radius 2 is 1.56 bits per heavy atom. The van der Waals surface area contributed by atoms with Crippen molar-refractivity contribution in [2.24, 2.45) is 17.3 Å². The molecule has 0 aromatic heterocycles. The van der Waals surface area contributed by atoms with Crippen LogP contribution in [0.5, 0.6) is 5.75 Å². The van der Waals surface area contributed by atoms with Crippen LogP contribution in [0.3, 0.4) is 0 Å². The van der Waals surface area contributed by atoms with Crippen molar-refractivity contribution in [2.45, 2.75) is 135 Å². The van der Waals surface area contributed by atoms with Gasteiger partial charge in [0.1, 0.15) is 5.75 Å². The van der Waals surface area contributed by atoms with E-state index >= 15 is 0 Å². The van der Waals surface area contributed by atoms with Crippen molar-refractivity contribution in [1.29, 1.82) is 0 Å². The molecule has 3 aliphatic rings. The number of benzene rings is 1. The molecule has 3 unspecified atom stereocenters. The molecule has 1 N–H and O–H groups in total. The van der Waals surface area contributed by atoms with E-state index in [9.17, 15) is 5.11 Å². The second-order valence-corrected chi connectivity index (χ2v) is 25.4. The standard InChI is InChI=1S/C30H52O2Si2/c1-28(2,3)33(8,9)26-19-23-20(18-25(26)31)12-13-22-21(23)16-17-30(7)24(22)14-15-27(30)32-34(10,11)29(4,5)6/h18-19,21-22,24,27,31H,12-17H2,1-11H3/t21?,22?,24?,27-,30-/m0/s1. The van der Waals surface area contributed by atoms with Crippen LogP contribution in [0.4, 0.5) is 0 Å². The number of rotatable bonds is 3. The van der Waals surface area contributed by atoms with Gasteiger partial charge in [-0.2, -0.15) is 0 Å². The Bertz CT molecular complexity index is 936. The molecule has 0 bridgehead atoms. The number of aryl methyl sites for hydroxylation is 1. The highest BCUT2D eigenvalue weighted by Crippen LogP contribution is 2.62. The SMILES string of the molecule is CC(C)(C)[Si](C)(C)O[C@H]1CCC2C3CCc4cc(O)c([Si](C)(C)C(C)(C)C)cc4C3CC[C@@]21C. The highest BCUT2D eigenvalue weighted by molar-refractivity contribution is 6.92. The van der Waals surface area contributed by atoms with Gasteiger partial charge < -0.3 is 9.53 Å². The van der Waals surface area contributed by atoms with E-state index in [0.29, 0.717) is 23.2 Å². The summed E-state index contributed by atoms with van der Waals surface area (Å²) in [5.41, 5.74) is 3.34. The van der Waals surface area contributed by atoms with Crippen molar-refractivity contribution in [2.75, 3.05) is 0 Å². The van der Waals surface area contributed by atoms with Crippen molar-refractivity contribution in [3.63, 3.8) is 0 Å². The summed E-state index contributed by atoms with van der Waals surface area (Å²) in [7, 11) is -3.57. The van der Waals surface area contributed by atoms with Gasteiger partial charge in [-0.25, -0.2) is 0 Å². The minimum Gasteiger partial charge on any atom is -0.508 e. The Labute approximate surface area is 212 Å². The second-order valence-electron chi connectivity index (χ2n) is 15.3. The average Bonchev–Trinajstić information content (AvgIpc) is 3.01. The quantitative estimate of drug-likeness (QED) is 0.422. The first-order valence-corrected chi connectivity index (χ1v) is 19.8. The molecule has 1 aromatic carbocycles. The molecule has 0 spiro atoms. The summed E-state index contributed by atoms with van der Waals surface area (Å²) in [4.78, 5) is 0. The first-order valence-electron chi connectivity index (χ1n) is 13.9. The van der Waals surface area contributed by atoms with Crippen molar-refractivity contribution >= 4 is 21.6 Å². The van der Waals surface area contributed by atoms with E-state index in [1.165, 1.54) is 42.9 Å². The van der Waals surface area contributed by atoms with Crippen LogP contribution in [-0.4, -0.2) is 27.6 Å². The van der Waals surface area contributed by atoms with E-state index in [2.05, 4.69) is 86.8 Å². The minimum atomic E-state index is -1.80. The number of hydrogen-bond acceptors (Lipinski definition) is 2. The maximum atomic E-state index is 11.1. The highest BCUT2D eigenvalue weighted by Gasteiger charge is 2.57. The zero-order valence-corrected chi connectivity index (χ0v) is 26.1. The third-order valence-corrected chi connectivity index (χ3v) is 21.5. The number of fused-ring (bicyclic) bond motifs is 5. The summed E-state index contributed by atoms with van der Waals surface area (Å²) in [6, 6.07) is 4.65. The lowest BCUT2D eigenvalue weighted by molar-refractivity contribution is -0.0164. The lowest BCUT2D eigenvalue weighted by atomic mass is 9.55. The molecule has 2 fully saturated rings. The van der Waals surface area contributed by atoms with Crippen LogP contribution in [0.15, 0.2) is 12.1 Å². The maximum absolute atomic E-state index is 11.1. The van der Waals surface area contributed by atoms with Gasteiger partial charge in [0, 0.05) is 0 Å². The molecule has 0 amide bonds. The fraction of sp³-hybridized carbons (Fsp3) is 0.800. The van der Waals surface area contributed by atoms with E-state index in [1.54, 1.807) is 5.56 Å². The lowest BCUT2D eigenvalue weighted by Gasteiger charge is -2.52. The molecule has 0 radical (unpaired) electrons. The van der Waals surface area contributed by atoms with Crippen molar-refractivity contribution in [3.05, 3.63) is 23.3 Å². The molecule has 2 saturated carbocycles. The van der Waals surface area contributed by atoms with Crippen molar-refractivity contribution in [1.82, 2.24) is 0 Å². The number of hydrogen-bond donors (Lipinski definition) is 1. The van der Waals surface area contributed by atoms with E-state index < -0.39 is 16.4 Å². The van der Waals surface area contributed by atoms with Crippen LogP contribution < -0.4 is 5.19 Å². The number of phenols is 1. The Balaban J connectivity index is 1.65. The molecule has 192 valence electrons. The van der Waals surface area contributed by atoms with E-state index in [4.69, 9.17) is 4.43 Å². The highest BCUT2D eigenvalue weighted by atomic mass is 28.4. The average molecular weight is 501 g/mol. The van der Waals surface area contributed by atoms with Crippen LogP contribution in [-0.2, 0) is 10.8 Å². The number of aromatic hydroxyl groups is 1. The van der Waals surface area contributed by atoms with Crippen LogP contribution in [0, 0.1) is 17.3 Å². The first kappa shape index (κ1) is 26.5. The van der Waals surface area contributed by atoms with Crippen LogP contribution in [0.2, 0.25) is 36.3 Å². The second kappa shape index (κ2) is 8.21. The predicted octanol–water partition coefficient (Wildman–Crippen LogP) is 8.35. The van der Waals surface area contributed by atoms with Crippen molar-refractivity contribution in [3.8, 4) is 5.75 Å². The Morgan fingerprint density at radius 1 is 0.912 bits per heavy atom. The normalized spacial score (nSPS) is 32.2. The van der Waals surface area contributed by atoms with Gasteiger partial charge in [0.15, 0.2) is 8.32 Å². The van der Waals surface area contributed by atoms with E-state index in [1.807, 2.05) is 0 Å². The smallest absolute Gasteiger partial charge is 0.192 e. The zero-order valence-electron chi connectivity index (χ0n) is 24.1. The zero-order chi connectivity index (χ0) is 25.5. The van der Waals surface area contributed by atoms with Crippen LogP contribution in [0.25, 0.3) is 0 Å². The molecule has 0 aliphatic heterocycles. The Hall–Kier alpha value is -0.586. The monoisotopic (exact) mass is 500 g/mol. The molecule has 34 heavy (non-hydrogen) atoms. The summed E-state index contributed by atoms with van der Waals surface area (Å²) < 4.78 is 7.11. The predicted molar refractivity (Wildman–Crippen MR) is 152 cm³/mol. The molecule has 4 heteroatoms. The van der Waals surface area contributed by atoms with Crippen LogP contribution >= 0.6 is 0 Å². The summed E-state index contributed by atoms with van der Waals surface area (Å²) >= 11 is 0. The molecule has 0 saturated heterocycles. The fourth-order valence-corrected chi connectivity index (χ4v) is 10.7. The summed E-state index contributed by atoms with van der Waals surface area (Å²) in [6.07, 6.45) is 7.99. The molecule has 2 nitrogen and oxygen atoms in total. The summed E-state index contributed by atoms with van der Waals surface area (Å²) in [6.45, 7) is 26.5. The summed E-state index contributed by atoms with van der Waals surface area (Å²) in [5.74, 6) is 2.78. The molecular formula is C30H52O2Si2.